The van der Waals surface area contributed by atoms with Gasteiger partial charge < -0.3 is 15.7 Å². The minimum Gasteiger partial charge on any atom is -0.480 e. The molecule has 0 aliphatic carbocycles. The number of amides is 2. The quantitative estimate of drug-likeness (QED) is 0.133. The second-order valence-corrected chi connectivity index (χ2v) is 10.6. The predicted octanol–water partition coefficient (Wildman–Crippen LogP) is 5.60. The molecule has 0 aromatic heterocycles. The molecule has 0 saturated carbocycles. The third-order valence-corrected chi connectivity index (χ3v) is 6.34. The van der Waals surface area contributed by atoms with E-state index in [0.717, 1.165) is 43.6 Å². The average molecular weight is 515 g/mol. The lowest BCUT2D eigenvalue weighted by atomic mass is 10.1. The number of carbonyl (C=O) groups is 3. The van der Waals surface area contributed by atoms with Crippen LogP contribution >= 0.6 is 23.5 Å². The molecule has 2 unspecified atom stereocenters. The van der Waals surface area contributed by atoms with Crippen LogP contribution in [0.1, 0.15) is 73.6 Å². The van der Waals surface area contributed by atoms with E-state index in [2.05, 4.69) is 62.8 Å². The maximum absolute atomic E-state index is 10.9. The second-order valence-electron chi connectivity index (χ2n) is 8.56. The minimum atomic E-state index is -0.996. The minimum absolute atomic E-state index is 0.0635. The Labute approximate surface area is 215 Å². The molecule has 0 aromatic rings. The number of thioether (sulfide) groups is 2. The smallest absolute Gasteiger partial charge is 0.327 e. The van der Waals surface area contributed by atoms with Crippen molar-refractivity contribution in [2.24, 2.45) is 0 Å². The highest BCUT2D eigenvalue weighted by atomic mass is 32.2. The fourth-order valence-electron chi connectivity index (χ4n) is 2.71. The highest BCUT2D eigenvalue weighted by Crippen LogP contribution is 2.13. The van der Waals surface area contributed by atoms with E-state index in [1.165, 1.54) is 28.5 Å². The number of rotatable bonds is 17. The van der Waals surface area contributed by atoms with Crippen molar-refractivity contribution < 1.29 is 19.5 Å². The zero-order valence-corrected chi connectivity index (χ0v) is 23.7. The van der Waals surface area contributed by atoms with E-state index < -0.39 is 12.0 Å². The largest absolute Gasteiger partial charge is 0.480 e. The maximum Gasteiger partial charge on any atom is 0.327 e. The summed E-state index contributed by atoms with van der Waals surface area (Å²) in [6.07, 6.45) is 14.6. The Morgan fingerprint density at radius 1 is 0.971 bits per heavy atom. The van der Waals surface area contributed by atoms with Crippen LogP contribution in [0, 0.1) is 0 Å². The normalized spacial score (nSPS) is 13.1. The summed E-state index contributed by atoms with van der Waals surface area (Å²) in [6, 6.07) is -0.488. The van der Waals surface area contributed by atoms with Gasteiger partial charge >= 0.3 is 5.97 Å². The van der Waals surface area contributed by atoms with Gasteiger partial charge in [0.15, 0.2) is 0 Å². The molecular formula is C26H46N2O4S2. The molecule has 0 radical (unpaired) electrons. The third kappa shape index (κ3) is 25.0. The van der Waals surface area contributed by atoms with Crippen LogP contribution < -0.4 is 10.6 Å². The van der Waals surface area contributed by atoms with Crippen molar-refractivity contribution in [1.82, 2.24) is 10.6 Å². The van der Waals surface area contributed by atoms with E-state index >= 15 is 0 Å². The van der Waals surface area contributed by atoms with Gasteiger partial charge in [0.25, 0.3) is 0 Å². The number of hydrogen-bond donors (Lipinski definition) is 3. The topological polar surface area (TPSA) is 95.5 Å². The van der Waals surface area contributed by atoms with Gasteiger partial charge in [0, 0.05) is 24.5 Å². The first kappa shape index (κ1) is 34.5. The summed E-state index contributed by atoms with van der Waals surface area (Å²) in [4.78, 5) is 31.7. The Balaban J connectivity index is 0. The number of carbonyl (C=O) groups excluding carboxylic acids is 2. The van der Waals surface area contributed by atoms with Crippen LogP contribution in [0.5, 0.6) is 0 Å². The molecule has 6 nitrogen and oxygen atoms in total. The number of carboxylic acid groups (broad SMARTS) is 1. The summed E-state index contributed by atoms with van der Waals surface area (Å²) in [6.45, 7) is 12.1. The molecule has 2 atom stereocenters. The van der Waals surface area contributed by atoms with Crippen LogP contribution in [0.4, 0.5) is 0 Å². The van der Waals surface area contributed by atoms with Crippen LogP contribution in [0.3, 0.4) is 0 Å². The summed E-state index contributed by atoms with van der Waals surface area (Å²) >= 11 is 3.32. The maximum atomic E-state index is 10.9. The SMILES string of the molecule is CC(C)=CCC/C(C)=C/CC/C(C)=C/CSCC(NC=O)C(=O)O.CSCCC(C)NC(C)=O. The molecular weight excluding hydrogens is 468 g/mol. The summed E-state index contributed by atoms with van der Waals surface area (Å²) in [5, 5.41) is 14.0. The number of nitrogens with one attached hydrogen (secondary N) is 2. The van der Waals surface area contributed by atoms with Gasteiger partial charge in [0.05, 0.1) is 0 Å². The second kappa shape index (κ2) is 23.1. The lowest BCUT2D eigenvalue weighted by Crippen LogP contribution is -2.37. The van der Waals surface area contributed by atoms with E-state index in [1.807, 2.05) is 6.92 Å². The standard InChI is InChI=1S/C19H31NO3S.C7H15NOS/c1-15(2)7-5-8-16(3)9-6-10-17(4)11-12-24-13-18(19(22)23)20-14-21;1-6(4-5-10-3)8-7(2)9/h7,9,11,14,18H,5-6,8,10,12-13H2,1-4H3,(H,20,21)(H,22,23);6H,4-5H2,1-3H3,(H,8,9)/b16-9+,17-11+;. The van der Waals surface area contributed by atoms with Crippen molar-refractivity contribution >= 4 is 41.8 Å². The van der Waals surface area contributed by atoms with Gasteiger partial charge in [-0.15, -0.1) is 0 Å². The van der Waals surface area contributed by atoms with Gasteiger partial charge in [-0.05, 0) is 78.7 Å². The van der Waals surface area contributed by atoms with Gasteiger partial charge in [-0.2, -0.15) is 23.5 Å². The Kier molecular flexibility index (Phi) is 23.4. The first-order valence-electron chi connectivity index (χ1n) is 11.7. The third-order valence-electron chi connectivity index (χ3n) is 4.73. The molecule has 0 aromatic carbocycles. The Hall–Kier alpha value is -1.67. The van der Waals surface area contributed by atoms with Crippen LogP contribution in [0.2, 0.25) is 0 Å². The average Bonchev–Trinajstić information content (AvgIpc) is 2.74. The zero-order valence-electron chi connectivity index (χ0n) is 22.1. The molecule has 0 aliphatic heterocycles. The summed E-state index contributed by atoms with van der Waals surface area (Å²) in [5.41, 5.74) is 4.11. The summed E-state index contributed by atoms with van der Waals surface area (Å²) in [7, 11) is 0. The van der Waals surface area contributed by atoms with Gasteiger partial charge in [0.1, 0.15) is 6.04 Å². The van der Waals surface area contributed by atoms with Crippen molar-refractivity contribution in [2.45, 2.75) is 85.7 Å². The molecule has 34 heavy (non-hydrogen) atoms. The summed E-state index contributed by atoms with van der Waals surface area (Å²) < 4.78 is 0. The Morgan fingerprint density at radius 3 is 2.06 bits per heavy atom. The van der Waals surface area contributed by atoms with Gasteiger partial charge in [-0.25, -0.2) is 4.79 Å². The molecule has 2 amide bonds. The number of allylic oxidation sites excluding steroid dienone is 5. The molecule has 0 bridgehead atoms. The Bertz CT molecular complexity index is 672. The lowest BCUT2D eigenvalue weighted by Gasteiger charge is -2.10. The molecule has 196 valence electrons. The van der Waals surface area contributed by atoms with Crippen LogP contribution in [-0.4, -0.2) is 59.0 Å². The van der Waals surface area contributed by atoms with E-state index in [0.29, 0.717) is 18.2 Å². The molecule has 0 saturated heterocycles. The first-order valence-corrected chi connectivity index (χ1v) is 14.3. The van der Waals surface area contributed by atoms with Crippen LogP contribution in [0.15, 0.2) is 34.9 Å². The number of aliphatic carboxylic acids is 1. The molecule has 0 fully saturated rings. The molecule has 0 heterocycles. The fraction of sp³-hybridized carbons (Fsp3) is 0.654. The lowest BCUT2D eigenvalue weighted by molar-refractivity contribution is -0.139. The molecule has 8 heteroatoms. The van der Waals surface area contributed by atoms with Gasteiger partial charge in [0.2, 0.25) is 12.3 Å². The molecule has 0 aliphatic rings. The zero-order chi connectivity index (χ0) is 26.4. The predicted molar refractivity (Wildman–Crippen MR) is 150 cm³/mol. The molecule has 0 rings (SSSR count). The van der Waals surface area contributed by atoms with Crippen LogP contribution in [-0.2, 0) is 14.4 Å². The van der Waals surface area contributed by atoms with Crippen molar-refractivity contribution in [1.29, 1.82) is 0 Å². The van der Waals surface area contributed by atoms with E-state index in [9.17, 15) is 14.4 Å². The van der Waals surface area contributed by atoms with E-state index in [4.69, 9.17) is 5.11 Å². The summed E-state index contributed by atoms with van der Waals surface area (Å²) in [5.74, 6) is 1.32. The van der Waals surface area contributed by atoms with Crippen molar-refractivity contribution in [3.05, 3.63) is 34.9 Å². The van der Waals surface area contributed by atoms with Crippen molar-refractivity contribution in [2.75, 3.05) is 23.5 Å². The molecule has 3 N–H and O–H groups in total. The highest BCUT2D eigenvalue weighted by Gasteiger charge is 2.15. The van der Waals surface area contributed by atoms with Crippen molar-refractivity contribution in [3.8, 4) is 0 Å². The monoisotopic (exact) mass is 514 g/mol. The Morgan fingerprint density at radius 2 is 1.56 bits per heavy atom. The number of carboxylic acids is 1. The fourth-order valence-corrected chi connectivity index (χ4v) is 4.31. The first-order chi connectivity index (χ1) is 16.0. The van der Waals surface area contributed by atoms with Gasteiger partial charge in [-0.3, -0.25) is 9.59 Å². The molecule has 0 spiro atoms. The van der Waals surface area contributed by atoms with Crippen molar-refractivity contribution in [3.63, 3.8) is 0 Å². The van der Waals surface area contributed by atoms with E-state index in [-0.39, 0.29) is 5.91 Å². The van der Waals surface area contributed by atoms with E-state index in [1.54, 1.807) is 18.7 Å². The van der Waals surface area contributed by atoms with Crippen LogP contribution in [0.25, 0.3) is 0 Å². The van der Waals surface area contributed by atoms with Gasteiger partial charge in [-0.1, -0.05) is 34.9 Å². The highest BCUT2D eigenvalue weighted by molar-refractivity contribution is 7.99. The number of hydrogen-bond acceptors (Lipinski definition) is 5.